The number of methoxy groups -OCH3 is 1. The van der Waals surface area contributed by atoms with Crippen LogP contribution in [-0.4, -0.2) is 44.5 Å². The number of hydrogen-bond donors (Lipinski definition) is 2. The molecule has 1 aromatic rings. The van der Waals surface area contributed by atoms with Gasteiger partial charge in [0.2, 0.25) is 5.91 Å². The number of nitrogens with one attached hydrogen (secondary N) is 1. The van der Waals surface area contributed by atoms with E-state index in [2.05, 4.69) is 5.32 Å². The van der Waals surface area contributed by atoms with E-state index in [-0.39, 0.29) is 17.7 Å². The van der Waals surface area contributed by atoms with Crippen molar-refractivity contribution in [3.8, 4) is 5.75 Å². The summed E-state index contributed by atoms with van der Waals surface area (Å²) >= 11 is 0. The molecule has 0 spiro atoms. The van der Waals surface area contributed by atoms with Crippen LogP contribution in [0.25, 0.3) is 0 Å². The Morgan fingerprint density at radius 1 is 1.45 bits per heavy atom. The summed E-state index contributed by atoms with van der Waals surface area (Å²) < 4.78 is 5.16. The number of amides is 2. The SMILES string of the molecule is CNC(=O)C(C)CN(C)C(=O)c1c(N)cccc1OC. The summed E-state index contributed by atoms with van der Waals surface area (Å²) in [6.07, 6.45) is 0. The number of nitrogens with zero attached hydrogens (tertiary/aromatic N) is 1. The molecule has 1 aromatic carbocycles. The molecule has 0 fully saturated rings. The number of carbonyl (C=O) groups is 2. The lowest BCUT2D eigenvalue weighted by atomic mass is 10.1. The minimum Gasteiger partial charge on any atom is -0.496 e. The molecule has 2 amide bonds. The molecule has 0 aliphatic rings. The highest BCUT2D eigenvalue weighted by molar-refractivity contribution is 6.01. The maximum absolute atomic E-state index is 12.4. The number of rotatable bonds is 5. The molecule has 6 heteroatoms. The van der Waals surface area contributed by atoms with E-state index in [0.717, 1.165) is 0 Å². The second-order valence-electron chi connectivity index (χ2n) is 4.63. The summed E-state index contributed by atoms with van der Waals surface area (Å²) in [6.45, 7) is 2.06. The Hall–Kier alpha value is -2.24. The van der Waals surface area contributed by atoms with Gasteiger partial charge in [0.1, 0.15) is 11.3 Å². The van der Waals surface area contributed by atoms with Crippen molar-refractivity contribution in [1.29, 1.82) is 0 Å². The van der Waals surface area contributed by atoms with E-state index >= 15 is 0 Å². The first kappa shape index (κ1) is 15.8. The van der Waals surface area contributed by atoms with Crippen LogP contribution in [0, 0.1) is 5.92 Å². The Morgan fingerprint density at radius 3 is 2.65 bits per heavy atom. The molecule has 110 valence electrons. The lowest BCUT2D eigenvalue weighted by Gasteiger charge is -2.22. The van der Waals surface area contributed by atoms with Crippen LogP contribution >= 0.6 is 0 Å². The van der Waals surface area contributed by atoms with Crippen molar-refractivity contribution < 1.29 is 14.3 Å². The molecule has 0 saturated heterocycles. The van der Waals surface area contributed by atoms with Crippen LogP contribution in [0.3, 0.4) is 0 Å². The van der Waals surface area contributed by atoms with Gasteiger partial charge < -0.3 is 20.7 Å². The average molecular weight is 279 g/mol. The van der Waals surface area contributed by atoms with Crippen LogP contribution in [0.1, 0.15) is 17.3 Å². The molecular weight excluding hydrogens is 258 g/mol. The third-order valence-corrected chi connectivity index (χ3v) is 3.08. The van der Waals surface area contributed by atoms with Crippen LogP contribution in [0.4, 0.5) is 5.69 Å². The fourth-order valence-electron chi connectivity index (χ4n) is 1.96. The Kier molecular flexibility index (Phi) is 5.37. The molecule has 0 aliphatic carbocycles. The zero-order chi connectivity index (χ0) is 15.3. The van der Waals surface area contributed by atoms with Crippen molar-refractivity contribution in [1.82, 2.24) is 10.2 Å². The van der Waals surface area contributed by atoms with Crippen molar-refractivity contribution >= 4 is 17.5 Å². The van der Waals surface area contributed by atoms with Crippen molar-refractivity contribution in [3.05, 3.63) is 23.8 Å². The van der Waals surface area contributed by atoms with E-state index in [0.29, 0.717) is 23.5 Å². The topological polar surface area (TPSA) is 84.7 Å². The summed E-state index contributed by atoms with van der Waals surface area (Å²) in [5.41, 5.74) is 6.52. The van der Waals surface area contributed by atoms with Gasteiger partial charge in [-0.1, -0.05) is 13.0 Å². The molecule has 1 rings (SSSR count). The zero-order valence-electron chi connectivity index (χ0n) is 12.3. The van der Waals surface area contributed by atoms with E-state index in [4.69, 9.17) is 10.5 Å². The van der Waals surface area contributed by atoms with Gasteiger partial charge >= 0.3 is 0 Å². The lowest BCUT2D eigenvalue weighted by Crippen LogP contribution is -2.37. The third kappa shape index (κ3) is 3.40. The summed E-state index contributed by atoms with van der Waals surface area (Å²) in [4.78, 5) is 25.4. The Labute approximate surface area is 118 Å². The molecule has 6 nitrogen and oxygen atoms in total. The highest BCUT2D eigenvalue weighted by Gasteiger charge is 2.22. The Bertz CT molecular complexity index is 502. The molecule has 0 aliphatic heterocycles. The second kappa shape index (κ2) is 6.79. The predicted octanol–water partition coefficient (Wildman–Crippen LogP) is 0.732. The predicted molar refractivity (Wildman–Crippen MR) is 77.6 cm³/mol. The maximum atomic E-state index is 12.4. The number of nitrogens with two attached hydrogens (primary N) is 1. The first-order chi connectivity index (χ1) is 9.42. The molecular formula is C14H21N3O3. The Balaban J connectivity index is 2.92. The van der Waals surface area contributed by atoms with Crippen LogP contribution in [0.5, 0.6) is 5.75 Å². The fraction of sp³-hybridized carbons (Fsp3) is 0.429. The normalized spacial score (nSPS) is 11.6. The number of carbonyl (C=O) groups excluding carboxylic acids is 2. The van der Waals surface area contributed by atoms with E-state index in [1.165, 1.54) is 12.0 Å². The molecule has 0 saturated carbocycles. The van der Waals surface area contributed by atoms with Crippen LogP contribution in [0.15, 0.2) is 18.2 Å². The van der Waals surface area contributed by atoms with E-state index < -0.39 is 0 Å². The number of benzene rings is 1. The standard InChI is InChI=1S/C14H21N3O3/c1-9(13(18)16-2)8-17(3)14(19)12-10(15)6-5-7-11(12)20-4/h5-7,9H,8,15H2,1-4H3,(H,16,18). The molecule has 0 aromatic heterocycles. The summed E-state index contributed by atoms with van der Waals surface area (Å²) in [7, 11) is 4.69. The summed E-state index contributed by atoms with van der Waals surface area (Å²) in [5.74, 6) is -0.257. The third-order valence-electron chi connectivity index (χ3n) is 3.08. The smallest absolute Gasteiger partial charge is 0.259 e. The van der Waals surface area contributed by atoms with E-state index in [1.54, 1.807) is 39.2 Å². The zero-order valence-corrected chi connectivity index (χ0v) is 12.3. The van der Waals surface area contributed by atoms with Crippen LogP contribution < -0.4 is 15.8 Å². The van der Waals surface area contributed by atoms with Gasteiger partial charge in [-0.3, -0.25) is 9.59 Å². The molecule has 3 N–H and O–H groups in total. The van der Waals surface area contributed by atoms with Crippen molar-refractivity contribution in [2.45, 2.75) is 6.92 Å². The summed E-state index contributed by atoms with van der Waals surface area (Å²) in [6, 6.07) is 5.05. The fourth-order valence-corrected chi connectivity index (χ4v) is 1.96. The molecule has 1 atom stereocenters. The van der Waals surface area contributed by atoms with Gasteiger partial charge in [-0.05, 0) is 12.1 Å². The first-order valence-electron chi connectivity index (χ1n) is 6.31. The Morgan fingerprint density at radius 2 is 2.10 bits per heavy atom. The van der Waals surface area contributed by atoms with E-state index in [9.17, 15) is 9.59 Å². The summed E-state index contributed by atoms with van der Waals surface area (Å²) in [5, 5.41) is 2.56. The van der Waals surface area contributed by atoms with Crippen molar-refractivity contribution in [2.24, 2.45) is 5.92 Å². The molecule has 0 radical (unpaired) electrons. The quantitative estimate of drug-likeness (QED) is 0.778. The van der Waals surface area contributed by atoms with Gasteiger partial charge in [0, 0.05) is 26.3 Å². The van der Waals surface area contributed by atoms with Crippen molar-refractivity contribution in [2.75, 3.05) is 33.5 Å². The lowest BCUT2D eigenvalue weighted by molar-refractivity contribution is -0.124. The van der Waals surface area contributed by atoms with Gasteiger partial charge in [0.15, 0.2) is 0 Å². The highest BCUT2D eigenvalue weighted by Crippen LogP contribution is 2.25. The number of nitrogen functional groups attached to an aromatic ring is 1. The maximum Gasteiger partial charge on any atom is 0.259 e. The van der Waals surface area contributed by atoms with Gasteiger partial charge in [-0.2, -0.15) is 0 Å². The van der Waals surface area contributed by atoms with Gasteiger partial charge in [-0.25, -0.2) is 0 Å². The molecule has 20 heavy (non-hydrogen) atoms. The van der Waals surface area contributed by atoms with Crippen molar-refractivity contribution in [3.63, 3.8) is 0 Å². The monoisotopic (exact) mass is 279 g/mol. The van der Waals surface area contributed by atoms with E-state index in [1.807, 2.05) is 0 Å². The van der Waals surface area contributed by atoms with Crippen LogP contribution in [0.2, 0.25) is 0 Å². The number of ether oxygens (including phenoxy) is 1. The highest BCUT2D eigenvalue weighted by atomic mass is 16.5. The molecule has 0 heterocycles. The average Bonchev–Trinajstić information content (AvgIpc) is 2.44. The number of anilines is 1. The van der Waals surface area contributed by atoms with Crippen LogP contribution in [-0.2, 0) is 4.79 Å². The molecule has 0 bridgehead atoms. The van der Waals surface area contributed by atoms with Gasteiger partial charge in [-0.15, -0.1) is 0 Å². The second-order valence-corrected chi connectivity index (χ2v) is 4.63. The molecule has 1 unspecified atom stereocenters. The first-order valence-corrected chi connectivity index (χ1v) is 6.31. The minimum absolute atomic E-state index is 0.113. The largest absolute Gasteiger partial charge is 0.496 e. The van der Waals surface area contributed by atoms with Gasteiger partial charge in [0.05, 0.1) is 13.0 Å². The minimum atomic E-state index is -0.301. The van der Waals surface area contributed by atoms with Gasteiger partial charge in [0.25, 0.3) is 5.91 Å². The number of hydrogen-bond acceptors (Lipinski definition) is 4.